The van der Waals surface area contributed by atoms with Gasteiger partial charge >= 0.3 is 0 Å². The van der Waals surface area contributed by atoms with Gasteiger partial charge in [0.05, 0.1) is 22.9 Å². The van der Waals surface area contributed by atoms with E-state index >= 15 is 0 Å². The van der Waals surface area contributed by atoms with E-state index in [0.29, 0.717) is 51.0 Å². The largest absolute Gasteiger partial charge is 0.496 e. The van der Waals surface area contributed by atoms with Gasteiger partial charge in [0, 0.05) is 52.4 Å². The van der Waals surface area contributed by atoms with Crippen molar-refractivity contribution in [3.63, 3.8) is 0 Å². The van der Waals surface area contributed by atoms with Crippen LogP contribution < -0.4 is 19.6 Å². The van der Waals surface area contributed by atoms with Gasteiger partial charge in [-0.25, -0.2) is 4.99 Å². The van der Waals surface area contributed by atoms with Crippen LogP contribution in [0.1, 0.15) is 49.2 Å². The molecule has 0 radical (unpaired) electrons. The standard InChI is InChI=1S/C36H35ClN4O3S/c1-6-39(7-2)35(43)32-22(3)38-36-41(33(32)27-13-9-11-15-30(27)44-5)34(42)31(45-36)20-28-23(4)40(29-14-10-8-12-26(28)29)21-24-16-18-25(37)19-17-24/h8-20,33H,6-7,21H2,1-5H3/b31-20+/t33-/m1/s1. The molecule has 0 saturated heterocycles. The monoisotopic (exact) mass is 638 g/mol. The van der Waals surface area contributed by atoms with Gasteiger partial charge in [0.1, 0.15) is 11.8 Å². The Bertz CT molecular complexity index is 2140. The van der Waals surface area contributed by atoms with Gasteiger partial charge in [0.15, 0.2) is 4.80 Å². The molecule has 230 valence electrons. The first-order chi connectivity index (χ1) is 21.8. The Morgan fingerprint density at radius 2 is 1.71 bits per heavy atom. The maximum atomic E-state index is 14.4. The summed E-state index contributed by atoms with van der Waals surface area (Å²) in [7, 11) is 1.60. The highest BCUT2D eigenvalue weighted by atomic mass is 35.5. The topological polar surface area (TPSA) is 68.8 Å². The fourth-order valence-electron chi connectivity index (χ4n) is 6.21. The van der Waals surface area contributed by atoms with E-state index in [0.717, 1.165) is 33.3 Å². The van der Waals surface area contributed by atoms with Crippen molar-refractivity contribution in [2.75, 3.05) is 20.2 Å². The van der Waals surface area contributed by atoms with Crippen molar-refractivity contribution in [3.05, 3.63) is 131 Å². The van der Waals surface area contributed by atoms with Crippen LogP contribution >= 0.6 is 22.9 Å². The molecule has 45 heavy (non-hydrogen) atoms. The molecule has 1 atom stereocenters. The van der Waals surface area contributed by atoms with E-state index < -0.39 is 6.04 Å². The number of carbonyl (C=O) groups excluding carboxylic acids is 1. The van der Waals surface area contributed by atoms with Gasteiger partial charge in [-0.3, -0.25) is 14.2 Å². The molecular formula is C36H35ClN4O3S. The molecule has 0 spiro atoms. The molecule has 0 saturated carbocycles. The first-order valence-corrected chi connectivity index (χ1v) is 16.2. The number of para-hydroxylation sites is 2. The molecule has 0 bridgehead atoms. The van der Waals surface area contributed by atoms with Crippen molar-refractivity contribution in [1.82, 2.24) is 14.0 Å². The van der Waals surface area contributed by atoms with E-state index in [1.165, 1.54) is 11.3 Å². The minimum atomic E-state index is -0.681. The molecule has 0 unspecified atom stereocenters. The predicted octanol–water partition coefficient (Wildman–Crippen LogP) is 6.08. The summed E-state index contributed by atoms with van der Waals surface area (Å²) in [5.41, 5.74) is 5.88. The molecule has 3 heterocycles. The normalized spacial score (nSPS) is 14.9. The summed E-state index contributed by atoms with van der Waals surface area (Å²) in [6, 6.07) is 23.0. The summed E-state index contributed by atoms with van der Waals surface area (Å²) < 4.78 is 10.2. The Kier molecular flexibility index (Phi) is 8.53. The van der Waals surface area contributed by atoms with Gasteiger partial charge in [-0.15, -0.1) is 0 Å². The van der Waals surface area contributed by atoms with Crippen LogP contribution in [0.5, 0.6) is 5.75 Å². The Balaban J connectivity index is 1.56. The third-order valence-corrected chi connectivity index (χ3v) is 9.78. The number of hydrogen-bond acceptors (Lipinski definition) is 5. The molecular weight excluding hydrogens is 604 g/mol. The summed E-state index contributed by atoms with van der Waals surface area (Å²) in [4.78, 5) is 35.6. The second-order valence-corrected chi connectivity index (χ2v) is 12.5. The zero-order chi connectivity index (χ0) is 31.8. The fourth-order valence-corrected chi connectivity index (χ4v) is 7.36. The van der Waals surface area contributed by atoms with E-state index in [2.05, 4.69) is 23.6 Å². The van der Waals surface area contributed by atoms with Gasteiger partial charge in [-0.1, -0.05) is 71.5 Å². The third-order valence-electron chi connectivity index (χ3n) is 8.55. The van der Waals surface area contributed by atoms with Crippen LogP contribution in [0, 0.1) is 6.92 Å². The Morgan fingerprint density at radius 1 is 1.02 bits per heavy atom. The smallest absolute Gasteiger partial charge is 0.271 e. The van der Waals surface area contributed by atoms with Gasteiger partial charge in [-0.2, -0.15) is 0 Å². The number of likely N-dealkylation sites (N-methyl/N-ethyl adjacent to an activating group) is 1. The number of halogens is 1. The summed E-state index contributed by atoms with van der Waals surface area (Å²) >= 11 is 7.49. The SMILES string of the molecule is CCN(CC)C(=O)C1=C(C)N=c2s/c(=C/c3c(C)n(Cc4ccc(Cl)cc4)c4ccccc34)c(=O)n2[C@@H]1c1ccccc1OC. The van der Waals surface area contributed by atoms with E-state index in [1.54, 1.807) is 16.6 Å². The molecule has 7 nitrogen and oxygen atoms in total. The highest BCUT2D eigenvalue weighted by Gasteiger charge is 2.35. The van der Waals surface area contributed by atoms with Crippen molar-refractivity contribution in [2.45, 2.75) is 40.3 Å². The van der Waals surface area contributed by atoms with Crippen LogP contribution in [0.3, 0.4) is 0 Å². The Hall–Kier alpha value is -4.40. The first kappa shape index (κ1) is 30.6. The number of rotatable bonds is 8. The predicted molar refractivity (Wildman–Crippen MR) is 182 cm³/mol. The molecule has 6 rings (SSSR count). The molecule has 0 fully saturated rings. The maximum Gasteiger partial charge on any atom is 0.271 e. The van der Waals surface area contributed by atoms with Crippen LogP contribution in [-0.4, -0.2) is 40.1 Å². The van der Waals surface area contributed by atoms with Crippen LogP contribution in [0.25, 0.3) is 17.0 Å². The minimum Gasteiger partial charge on any atom is -0.496 e. The highest BCUT2D eigenvalue weighted by Crippen LogP contribution is 2.36. The Morgan fingerprint density at radius 3 is 2.42 bits per heavy atom. The first-order valence-electron chi connectivity index (χ1n) is 15.0. The van der Waals surface area contributed by atoms with Crippen LogP contribution in [0.4, 0.5) is 0 Å². The average Bonchev–Trinajstić information content (AvgIpc) is 3.50. The second-order valence-electron chi connectivity index (χ2n) is 11.0. The Labute approximate surface area is 271 Å². The summed E-state index contributed by atoms with van der Waals surface area (Å²) in [5.74, 6) is 0.477. The van der Waals surface area contributed by atoms with Crippen LogP contribution in [0.15, 0.2) is 93.9 Å². The van der Waals surface area contributed by atoms with E-state index in [-0.39, 0.29) is 11.5 Å². The third kappa shape index (κ3) is 5.42. The van der Waals surface area contributed by atoms with Crippen LogP contribution in [-0.2, 0) is 11.3 Å². The number of fused-ring (bicyclic) bond motifs is 2. The number of thiazole rings is 1. The quantitative estimate of drug-likeness (QED) is 0.207. The number of hydrogen-bond donors (Lipinski definition) is 0. The molecule has 0 aliphatic carbocycles. The summed E-state index contributed by atoms with van der Waals surface area (Å²) in [6.07, 6.45) is 1.98. The zero-order valence-electron chi connectivity index (χ0n) is 26.0. The lowest BCUT2D eigenvalue weighted by molar-refractivity contribution is -0.127. The molecule has 1 aliphatic rings. The number of amides is 1. The lowest BCUT2D eigenvalue weighted by atomic mass is 9.94. The van der Waals surface area contributed by atoms with Gasteiger partial charge in [0.2, 0.25) is 0 Å². The van der Waals surface area contributed by atoms with Crippen LogP contribution in [0.2, 0.25) is 5.02 Å². The molecule has 1 amide bonds. The molecule has 5 aromatic rings. The molecule has 2 aromatic heterocycles. The number of benzene rings is 3. The number of carbonyl (C=O) groups is 1. The molecule has 1 aliphatic heterocycles. The average molecular weight is 639 g/mol. The van der Waals surface area contributed by atoms with Crippen molar-refractivity contribution in [1.29, 1.82) is 0 Å². The van der Waals surface area contributed by atoms with Crippen molar-refractivity contribution < 1.29 is 9.53 Å². The summed E-state index contributed by atoms with van der Waals surface area (Å²) in [6.45, 7) is 9.62. The minimum absolute atomic E-state index is 0.132. The van der Waals surface area contributed by atoms with Crippen molar-refractivity contribution in [3.8, 4) is 5.75 Å². The number of allylic oxidation sites excluding steroid dienone is 1. The van der Waals surface area contributed by atoms with Gasteiger partial charge in [0.25, 0.3) is 11.5 Å². The van der Waals surface area contributed by atoms with Gasteiger partial charge in [-0.05, 0) is 63.6 Å². The molecule has 3 aromatic carbocycles. The van der Waals surface area contributed by atoms with E-state index in [1.807, 2.05) is 87.5 Å². The number of methoxy groups -OCH3 is 1. The zero-order valence-corrected chi connectivity index (χ0v) is 27.6. The number of aromatic nitrogens is 2. The lowest BCUT2D eigenvalue weighted by Crippen LogP contribution is -2.43. The molecule has 0 N–H and O–H groups in total. The second kappa shape index (κ2) is 12.5. The van der Waals surface area contributed by atoms with Gasteiger partial charge < -0.3 is 14.2 Å². The fraction of sp³-hybridized carbons (Fsp3) is 0.250. The number of nitrogens with zero attached hydrogens (tertiary/aromatic N) is 4. The lowest BCUT2D eigenvalue weighted by Gasteiger charge is -2.29. The molecule has 9 heteroatoms. The highest BCUT2D eigenvalue weighted by molar-refractivity contribution is 7.07. The summed E-state index contributed by atoms with van der Waals surface area (Å²) in [5, 5.41) is 1.76. The van der Waals surface area contributed by atoms with E-state index in [4.69, 9.17) is 21.3 Å². The maximum absolute atomic E-state index is 14.4. The van der Waals surface area contributed by atoms with Crippen molar-refractivity contribution >= 4 is 45.8 Å². The van der Waals surface area contributed by atoms with E-state index in [9.17, 15) is 9.59 Å². The number of ether oxygens (including phenoxy) is 1. The van der Waals surface area contributed by atoms with Crippen molar-refractivity contribution in [2.24, 2.45) is 4.99 Å².